The number of anilines is 1. The summed E-state index contributed by atoms with van der Waals surface area (Å²) in [6.45, 7) is 3.80. The van der Waals surface area contributed by atoms with Crippen molar-refractivity contribution in [2.75, 3.05) is 19.0 Å². The van der Waals surface area contributed by atoms with E-state index in [1.807, 2.05) is 24.3 Å². The molecule has 3 N–H and O–H groups in total. The van der Waals surface area contributed by atoms with Crippen LogP contribution in [0.2, 0.25) is 5.02 Å². The molecule has 0 fully saturated rings. The van der Waals surface area contributed by atoms with Crippen LogP contribution < -0.4 is 20.5 Å². The zero-order valence-corrected chi connectivity index (χ0v) is 19.5. The molecular formula is C24H23ClN2O4S. The fourth-order valence-electron chi connectivity index (χ4n) is 2.89. The van der Waals surface area contributed by atoms with Crippen molar-refractivity contribution < 1.29 is 19.1 Å². The topological polar surface area (TPSA) is 90.7 Å². The summed E-state index contributed by atoms with van der Waals surface area (Å²) in [7, 11) is 1.41. The quantitative estimate of drug-likeness (QED) is 0.470. The van der Waals surface area contributed by atoms with Gasteiger partial charge in [-0.25, -0.2) is 0 Å². The standard InChI is InChI=1S/C24H23ClN2O4S/c1-14-4-5-15(2)21(10-14)32-18-8-6-17(7-9-18)27-24(29)16-11-19(25)23(20(12-16)30-3)31-13-22(26)28/h4-12H,13H2,1-3H3,(H2,26,28)(H,27,29). The molecule has 0 spiro atoms. The van der Waals surface area contributed by atoms with Crippen LogP contribution in [0.5, 0.6) is 11.5 Å². The van der Waals surface area contributed by atoms with Gasteiger partial charge < -0.3 is 20.5 Å². The zero-order valence-electron chi connectivity index (χ0n) is 17.9. The first-order chi connectivity index (χ1) is 15.3. The second-order valence-electron chi connectivity index (χ2n) is 7.09. The SMILES string of the molecule is COc1cc(C(=O)Nc2ccc(Sc3cc(C)ccc3C)cc2)cc(Cl)c1OCC(N)=O. The van der Waals surface area contributed by atoms with Crippen molar-refractivity contribution >= 4 is 40.9 Å². The number of primary amides is 1. The number of carbonyl (C=O) groups is 2. The molecule has 3 aromatic carbocycles. The number of nitrogens with two attached hydrogens (primary N) is 1. The molecule has 8 heteroatoms. The lowest BCUT2D eigenvalue weighted by Gasteiger charge is -2.13. The molecule has 0 aliphatic rings. The van der Waals surface area contributed by atoms with Crippen LogP contribution >= 0.6 is 23.4 Å². The lowest BCUT2D eigenvalue weighted by molar-refractivity contribution is -0.119. The molecule has 3 rings (SSSR count). The van der Waals surface area contributed by atoms with Crippen LogP contribution in [0.4, 0.5) is 5.69 Å². The first kappa shape index (κ1) is 23.5. The molecule has 6 nitrogen and oxygen atoms in total. The van der Waals surface area contributed by atoms with Crippen molar-refractivity contribution in [3.05, 3.63) is 76.3 Å². The van der Waals surface area contributed by atoms with E-state index in [9.17, 15) is 9.59 Å². The summed E-state index contributed by atoms with van der Waals surface area (Å²) in [4.78, 5) is 26.0. The molecule has 0 aliphatic heterocycles. The van der Waals surface area contributed by atoms with E-state index in [0.717, 1.165) is 4.90 Å². The average Bonchev–Trinajstić information content (AvgIpc) is 2.76. The lowest BCUT2D eigenvalue weighted by Crippen LogP contribution is -2.20. The van der Waals surface area contributed by atoms with Crippen LogP contribution in [0.25, 0.3) is 0 Å². The number of ether oxygens (including phenoxy) is 2. The van der Waals surface area contributed by atoms with E-state index in [1.165, 1.54) is 35.3 Å². The van der Waals surface area contributed by atoms with Gasteiger partial charge in [-0.15, -0.1) is 0 Å². The second-order valence-corrected chi connectivity index (χ2v) is 8.62. The third-order valence-corrected chi connectivity index (χ3v) is 5.98. The van der Waals surface area contributed by atoms with Gasteiger partial charge in [0.2, 0.25) is 0 Å². The van der Waals surface area contributed by atoms with Crippen LogP contribution in [0.1, 0.15) is 21.5 Å². The number of halogens is 1. The predicted octanol–water partition coefficient (Wildman–Crippen LogP) is 5.23. The molecule has 0 bridgehead atoms. The Morgan fingerprint density at radius 3 is 2.44 bits per heavy atom. The number of methoxy groups -OCH3 is 1. The maximum atomic E-state index is 12.7. The number of hydrogen-bond donors (Lipinski definition) is 2. The average molecular weight is 471 g/mol. The Hall–Kier alpha value is -3.16. The molecule has 0 unspecified atom stereocenters. The highest BCUT2D eigenvalue weighted by atomic mass is 35.5. The molecule has 2 amide bonds. The minimum absolute atomic E-state index is 0.135. The fourth-order valence-corrected chi connectivity index (χ4v) is 4.15. The van der Waals surface area contributed by atoms with Crippen molar-refractivity contribution in [2.24, 2.45) is 5.73 Å². The van der Waals surface area contributed by atoms with Crippen LogP contribution in [0.15, 0.2) is 64.4 Å². The van der Waals surface area contributed by atoms with Gasteiger partial charge >= 0.3 is 0 Å². The minimum Gasteiger partial charge on any atom is -0.493 e. The molecular weight excluding hydrogens is 448 g/mol. The zero-order chi connectivity index (χ0) is 23.3. The fraction of sp³-hybridized carbons (Fsp3) is 0.167. The Kier molecular flexibility index (Phi) is 7.66. The molecule has 0 aromatic heterocycles. The summed E-state index contributed by atoms with van der Waals surface area (Å²) in [6, 6.07) is 16.9. The van der Waals surface area contributed by atoms with E-state index in [4.69, 9.17) is 26.8 Å². The summed E-state index contributed by atoms with van der Waals surface area (Å²) in [5.74, 6) is -0.632. The largest absolute Gasteiger partial charge is 0.493 e. The molecule has 0 aliphatic carbocycles. The van der Waals surface area contributed by atoms with Crippen molar-refractivity contribution in [2.45, 2.75) is 23.6 Å². The number of rotatable bonds is 8. The molecule has 0 saturated heterocycles. The number of benzene rings is 3. The van der Waals surface area contributed by atoms with Gasteiger partial charge in [0.05, 0.1) is 12.1 Å². The predicted molar refractivity (Wildman–Crippen MR) is 127 cm³/mol. The highest BCUT2D eigenvalue weighted by Gasteiger charge is 2.17. The van der Waals surface area contributed by atoms with Crippen molar-refractivity contribution in [3.8, 4) is 11.5 Å². The Bertz CT molecular complexity index is 1150. The van der Waals surface area contributed by atoms with Gasteiger partial charge in [-0.05, 0) is 67.4 Å². The third-order valence-electron chi connectivity index (χ3n) is 4.53. The number of aryl methyl sites for hydroxylation is 2. The van der Waals surface area contributed by atoms with E-state index in [2.05, 4.69) is 37.4 Å². The normalized spacial score (nSPS) is 10.5. The van der Waals surface area contributed by atoms with E-state index >= 15 is 0 Å². The Labute approximate surface area is 196 Å². The van der Waals surface area contributed by atoms with Crippen molar-refractivity contribution in [1.82, 2.24) is 0 Å². The third kappa shape index (κ3) is 5.96. The van der Waals surface area contributed by atoms with Gasteiger partial charge in [-0.3, -0.25) is 9.59 Å². The first-order valence-corrected chi connectivity index (χ1v) is 10.9. The number of amides is 2. The second kappa shape index (κ2) is 10.4. The van der Waals surface area contributed by atoms with Gasteiger partial charge in [0.25, 0.3) is 11.8 Å². The van der Waals surface area contributed by atoms with Crippen LogP contribution in [-0.4, -0.2) is 25.5 Å². The van der Waals surface area contributed by atoms with Crippen LogP contribution in [0.3, 0.4) is 0 Å². The number of nitrogens with one attached hydrogen (secondary N) is 1. The number of carbonyl (C=O) groups excluding carboxylic acids is 2. The highest BCUT2D eigenvalue weighted by molar-refractivity contribution is 7.99. The van der Waals surface area contributed by atoms with Crippen LogP contribution in [-0.2, 0) is 4.79 Å². The maximum absolute atomic E-state index is 12.7. The molecule has 3 aromatic rings. The molecule has 0 saturated carbocycles. The Morgan fingerprint density at radius 2 is 1.78 bits per heavy atom. The van der Waals surface area contributed by atoms with Crippen LogP contribution in [0, 0.1) is 13.8 Å². The van der Waals surface area contributed by atoms with Gasteiger partial charge in [0, 0.05) is 21.0 Å². The van der Waals surface area contributed by atoms with E-state index in [-0.39, 0.29) is 34.6 Å². The summed E-state index contributed by atoms with van der Waals surface area (Å²) >= 11 is 7.90. The van der Waals surface area contributed by atoms with Gasteiger partial charge in [0.15, 0.2) is 18.1 Å². The molecule has 32 heavy (non-hydrogen) atoms. The molecule has 166 valence electrons. The summed E-state index contributed by atoms with van der Waals surface area (Å²) in [6.07, 6.45) is 0. The smallest absolute Gasteiger partial charge is 0.255 e. The summed E-state index contributed by atoms with van der Waals surface area (Å²) < 4.78 is 10.5. The van der Waals surface area contributed by atoms with Gasteiger partial charge in [-0.1, -0.05) is 35.5 Å². The first-order valence-electron chi connectivity index (χ1n) is 9.72. The Balaban J connectivity index is 1.72. The lowest BCUT2D eigenvalue weighted by atomic mass is 10.1. The number of hydrogen-bond acceptors (Lipinski definition) is 5. The summed E-state index contributed by atoms with van der Waals surface area (Å²) in [5.41, 5.74) is 8.45. The maximum Gasteiger partial charge on any atom is 0.255 e. The molecule has 0 atom stereocenters. The minimum atomic E-state index is -0.649. The van der Waals surface area contributed by atoms with Crippen molar-refractivity contribution in [1.29, 1.82) is 0 Å². The Morgan fingerprint density at radius 1 is 1.06 bits per heavy atom. The molecule has 0 radical (unpaired) electrons. The van der Waals surface area contributed by atoms with Gasteiger partial charge in [0.1, 0.15) is 0 Å². The highest BCUT2D eigenvalue weighted by Crippen LogP contribution is 2.37. The van der Waals surface area contributed by atoms with E-state index in [1.54, 1.807) is 11.8 Å². The van der Waals surface area contributed by atoms with Crippen molar-refractivity contribution in [3.63, 3.8) is 0 Å². The summed E-state index contributed by atoms with van der Waals surface area (Å²) in [5, 5.41) is 2.98. The van der Waals surface area contributed by atoms with E-state index < -0.39 is 5.91 Å². The van der Waals surface area contributed by atoms with Gasteiger partial charge in [-0.2, -0.15) is 0 Å². The monoisotopic (exact) mass is 470 g/mol. The van der Waals surface area contributed by atoms with E-state index in [0.29, 0.717) is 5.69 Å². The molecule has 0 heterocycles.